The second-order valence-electron chi connectivity index (χ2n) is 4.90. The number of hydrogen-bond acceptors (Lipinski definition) is 1. The lowest BCUT2D eigenvalue weighted by molar-refractivity contribution is 0.325. The first-order valence-corrected chi connectivity index (χ1v) is 5.53. The number of nitrogens with one attached hydrogen (secondary N) is 1. The Balaban J connectivity index is 1.94. The molecule has 0 unspecified atom stereocenters. The minimum atomic E-state index is 0.818. The van der Waals surface area contributed by atoms with Crippen LogP contribution in [0.25, 0.3) is 0 Å². The first kappa shape index (κ1) is 8.55. The molecular weight excluding hydrogens is 146 g/mol. The lowest BCUT2D eigenvalue weighted by Crippen LogP contribution is -2.35. The predicted octanol–water partition coefficient (Wildman–Crippen LogP) is 2.56. The van der Waals surface area contributed by atoms with Crippen LogP contribution in [0.4, 0.5) is 0 Å². The van der Waals surface area contributed by atoms with E-state index in [0.29, 0.717) is 0 Å². The van der Waals surface area contributed by atoms with Crippen LogP contribution in [0.1, 0.15) is 46.0 Å². The van der Waals surface area contributed by atoms with Gasteiger partial charge in [0, 0.05) is 12.1 Å². The maximum absolute atomic E-state index is 3.79. The third-order valence-corrected chi connectivity index (χ3v) is 3.70. The Kier molecular flexibility index (Phi) is 2.40. The average molecular weight is 167 g/mol. The molecule has 1 heteroatoms. The molecule has 2 rings (SSSR count). The van der Waals surface area contributed by atoms with Crippen LogP contribution >= 0.6 is 0 Å². The molecule has 1 nitrogen and oxygen atoms in total. The molecule has 1 aliphatic carbocycles. The van der Waals surface area contributed by atoms with Gasteiger partial charge in [-0.15, -0.1) is 0 Å². The van der Waals surface area contributed by atoms with Gasteiger partial charge in [-0.2, -0.15) is 0 Å². The van der Waals surface area contributed by atoms with E-state index in [0.717, 1.165) is 23.9 Å². The minimum absolute atomic E-state index is 0.818. The van der Waals surface area contributed by atoms with Crippen LogP contribution in [0.5, 0.6) is 0 Å². The summed E-state index contributed by atoms with van der Waals surface area (Å²) in [5, 5.41) is 3.79. The summed E-state index contributed by atoms with van der Waals surface area (Å²) in [6.45, 7) is 4.68. The van der Waals surface area contributed by atoms with Crippen LogP contribution in [-0.4, -0.2) is 12.1 Å². The molecule has 2 fully saturated rings. The Morgan fingerprint density at radius 2 is 1.92 bits per heavy atom. The standard InChI is InChI=1S/C11H21N/c1-8(2)11-7-9-5-3-4-6-10(9)12-11/h8-12H,3-7H2,1-2H3/t9-,10+,11+/m1/s1. The van der Waals surface area contributed by atoms with E-state index in [-0.39, 0.29) is 0 Å². The summed E-state index contributed by atoms with van der Waals surface area (Å²) < 4.78 is 0. The Morgan fingerprint density at radius 1 is 1.17 bits per heavy atom. The molecule has 2 aliphatic rings. The first-order valence-electron chi connectivity index (χ1n) is 5.53. The molecule has 3 atom stereocenters. The molecular formula is C11H21N. The van der Waals surface area contributed by atoms with E-state index in [2.05, 4.69) is 19.2 Å². The highest BCUT2D eigenvalue weighted by molar-refractivity contribution is 4.93. The zero-order valence-corrected chi connectivity index (χ0v) is 8.34. The SMILES string of the molecule is CC(C)[C@@H]1C[C@H]2CCCC[C@@H]2N1. The van der Waals surface area contributed by atoms with Crippen molar-refractivity contribution in [2.24, 2.45) is 11.8 Å². The van der Waals surface area contributed by atoms with Crippen molar-refractivity contribution in [2.45, 2.75) is 58.0 Å². The lowest BCUT2D eigenvalue weighted by atomic mass is 9.84. The topological polar surface area (TPSA) is 12.0 Å². The second-order valence-corrected chi connectivity index (χ2v) is 4.90. The molecule has 1 heterocycles. The first-order chi connectivity index (χ1) is 5.77. The van der Waals surface area contributed by atoms with E-state index < -0.39 is 0 Å². The van der Waals surface area contributed by atoms with Crippen LogP contribution < -0.4 is 5.32 Å². The summed E-state index contributed by atoms with van der Waals surface area (Å²) in [4.78, 5) is 0. The molecule has 1 saturated heterocycles. The zero-order valence-electron chi connectivity index (χ0n) is 8.34. The van der Waals surface area contributed by atoms with Gasteiger partial charge in [0.2, 0.25) is 0 Å². The van der Waals surface area contributed by atoms with Gasteiger partial charge in [-0.3, -0.25) is 0 Å². The smallest absolute Gasteiger partial charge is 0.00986 e. The lowest BCUT2D eigenvalue weighted by Gasteiger charge is -2.24. The summed E-state index contributed by atoms with van der Waals surface area (Å²) in [5.41, 5.74) is 0. The molecule has 0 bridgehead atoms. The molecule has 0 aromatic carbocycles. The van der Waals surface area contributed by atoms with Gasteiger partial charge in [-0.1, -0.05) is 26.7 Å². The normalized spacial score (nSPS) is 41.8. The summed E-state index contributed by atoms with van der Waals surface area (Å²) in [5.74, 6) is 1.85. The fourth-order valence-electron chi connectivity index (χ4n) is 2.84. The van der Waals surface area contributed by atoms with E-state index in [1.54, 1.807) is 0 Å². The fourth-order valence-corrected chi connectivity index (χ4v) is 2.84. The molecule has 1 N–H and O–H groups in total. The minimum Gasteiger partial charge on any atom is -0.311 e. The summed E-state index contributed by atoms with van der Waals surface area (Å²) >= 11 is 0. The summed E-state index contributed by atoms with van der Waals surface area (Å²) in [7, 11) is 0. The Morgan fingerprint density at radius 3 is 2.58 bits per heavy atom. The summed E-state index contributed by atoms with van der Waals surface area (Å²) in [6, 6.07) is 1.70. The number of rotatable bonds is 1. The molecule has 70 valence electrons. The molecule has 0 amide bonds. The van der Waals surface area contributed by atoms with Gasteiger partial charge in [-0.05, 0) is 31.1 Å². The van der Waals surface area contributed by atoms with Crippen LogP contribution in [0.3, 0.4) is 0 Å². The molecule has 0 spiro atoms. The third kappa shape index (κ3) is 1.52. The zero-order chi connectivity index (χ0) is 8.55. The largest absolute Gasteiger partial charge is 0.311 e. The molecule has 1 saturated carbocycles. The van der Waals surface area contributed by atoms with Crippen molar-refractivity contribution >= 4 is 0 Å². The van der Waals surface area contributed by atoms with Crippen LogP contribution in [0.15, 0.2) is 0 Å². The Labute approximate surface area is 75.9 Å². The predicted molar refractivity (Wildman–Crippen MR) is 52.1 cm³/mol. The van der Waals surface area contributed by atoms with Crippen molar-refractivity contribution in [1.82, 2.24) is 5.32 Å². The highest BCUT2D eigenvalue weighted by atomic mass is 15.0. The van der Waals surface area contributed by atoms with Crippen LogP contribution in [0.2, 0.25) is 0 Å². The van der Waals surface area contributed by atoms with Crippen molar-refractivity contribution in [1.29, 1.82) is 0 Å². The highest BCUT2D eigenvalue weighted by Gasteiger charge is 2.35. The van der Waals surface area contributed by atoms with Gasteiger partial charge >= 0.3 is 0 Å². The summed E-state index contributed by atoms with van der Waals surface area (Å²) in [6.07, 6.45) is 7.31. The average Bonchev–Trinajstić information content (AvgIpc) is 2.46. The van der Waals surface area contributed by atoms with E-state index >= 15 is 0 Å². The molecule has 0 aromatic heterocycles. The van der Waals surface area contributed by atoms with E-state index in [1.165, 1.54) is 32.1 Å². The molecule has 0 aromatic rings. The monoisotopic (exact) mass is 167 g/mol. The number of fused-ring (bicyclic) bond motifs is 1. The maximum Gasteiger partial charge on any atom is 0.00986 e. The van der Waals surface area contributed by atoms with Gasteiger partial charge in [0.05, 0.1) is 0 Å². The Bertz CT molecular complexity index is 139. The van der Waals surface area contributed by atoms with Gasteiger partial charge < -0.3 is 5.32 Å². The van der Waals surface area contributed by atoms with Crippen molar-refractivity contribution < 1.29 is 0 Å². The van der Waals surface area contributed by atoms with Crippen molar-refractivity contribution in [3.05, 3.63) is 0 Å². The van der Waals surface area contributed by atoms with E-state index in [4.69, 9.17) is 0 Å². The van der Waals surface area contributed by atoms with Gasteiger partial charge in [0.1, 0.15) is 0 Å². The van der Waals surface area contributed by atoms with Gasteiger partial charge in [0.15, 0.2) is 0 Å². The van der Waals surface area contributed by atoms with Crippen LogP contribution in [-0.2, 0) is 0 Å². The molecule has 1 aliphatic heterocycles. The molecule has 0 radical (unpaired) electrons. The Hall–Kier alpha value is -0.0400. The third-order valence-electron chi connectivity index (χ3n) is 3.70. The van der Waals surface area contributed by atoms with Crippen molar-refractivity contribution in [2.75, 3.05) is 0 Å². The number of hydrogen-bond donors (Lipinski definition) is 1. The van der Waals surface area contributed by atoms with E-state index in [1.807, 2.05) is 0 Å². The van der Waals surface area contributed by atoms with Crippen molar-refractivity contribution in [3.63, 3.8) is 0 Å². The fraction of sp³-hybridized carbons (Fsp3) is 1.00. The maximum atomic E-state index is 3.79. The van der Waals surface area contributed by atoms with E-state index in [9.17, 15) is 0 Å². The quantitative estimate of drug-likeness (QED) is 0.633. The van der Waals surface area contributed by atoms with Gasteiger partial charge in [-0.25, -0.2) is 0 Å². The van der Waals surface area contributed by atoms with Gasteiger partial charge in [0.25, 0.3) is 0 Å². The highest BCUT2D eigenvalue weighted by Crippen LogP contribution is 2.34. The van der Waals surface area contributed by atoms with Crippen molar-refractivity contribution in [3.8, 4) is 0 Å². The second kappa shape index (κ2) is 3.37. The molecule has 12 heavy (non-hydrogen) atoms. The van der Waals surface area contributed by atoms with Crippen LogP contribution in [0, 0.1) is 11.8 Å².